The minimum Gasteiger partial charge on any atom is -0.397 e. The molecule has 2 fully saturated rings. The summed E-state index contributed by atoms with van der Waals surface area (Å²) in [5.74, 6) is -0.0842. The Bertz CT molecular complexity index is 1800. The zero-order chi connectivity index (χ0) is 37.7. The summed E-state index contributed by atoms with van der Waals surface area (Å²) in [6, 6.07) is 32.0. The molecular formula is C44H54N4O6. The number of hydrogen-bond acceptors (Lipinski definition) is 8. The lowest BCUT2D eigenvalue weighted by Gasteiger charge is -2.38. The van der Waals surface area contributed by atoms with Crippen molar-refractivity contribution in [2.45, 2.75) is 89.1 Å². The number of anilines is 2. The van der Waals surface area contributed by atoms with Crippen LogP contribution in [0.25, 0.3) is 11.1 Å². The number of unbranched alkanes of at least 4 members (excludes halogenated alkanes) is 2. The van der Waals surface area contributed by atoms with Crippen molar-refractivity contribution in [2.24, 2.45) is 0 Å². The maximum atomic E-state index is 12.8. The van der Waals surface area contributed by atoms with Crippen LogP contribution in [0, 0.1) is 0 Å². The molecule has 0 aliphatic carbocycles. The van der Waals surface area contributed by atoms with Crippen molar-refractivity contribution in [1.29, 1.82) is 0 Å². The number of nitrogens with zero attached hydrogens (tertiary/aromatic N) is 1. The summed E-state index contributed by atoms with van der Waals surface area (Å²) in [6.45, 7) is 3.01. The van der Waals surface area contributed by atoms with Gasteiger partial charge in [-0.2, -0.15) is 0 Å². The smallest absolute Gasteiger partial charge is 0.224 e. The number of likely N-dealkylation sites (tertiary alicyclic amines) is 1. The first-order valence-electron chi connectivity index (χ1n) is 19.2. The van der Waals surface area contributed by atoms with Crippen LogP contribution in [0.2, 0.25) is 0 Å². The van der Waals surface area contributed by atoms with Crippen LogP contribution >= 0.6 is 0 Å². The van der Waals surface area contributed by atoms with Crippen LogP contribution in [0.1, 0.15) is 86.0 Å². The van der Waals surface area contributed by atoms with E-state index in [2.05, 4.69) is 45.9 Å². The number of methoxy groups -OCH3 is 1. The number of aliphatic hydroxyl groups is 1. The fourth-order valence-corrected chi connectivity index (χ4v) is 7.44. The van der Waals surface area contributed by atoms with Crippen LogP contribution in [-0.4, -0.2) is 60.8 Å². The molecule has 0 aromatic heterocycles. The van der Waals surface area contributed by atoms with Gasteiger partial charge in [-0.15, -0.1) is 0 Å². The molecule has 6 rings (SSSR count). The summed E-state index contributed by atoms with van der Waals surface area (Å²) in [6.07, 6.45) is 5.32. The summed E-state index contributed by atoms with van der Waals surface area (Å²) < 4.78 is 18.8. The molecule has 5 N–H and O–H groups in total. The number of amides is 2. The van der Waals surface area contributed by atoms with Gasteiger partial charge in [-0.25, -0.2) is 0 Å². The number of nitrogen functional groups attached to an aromatic ring is 1. The SMILES string of the molecule is COC[C@@H]1CCCN1C[C@H]1C[C@@H](c2ccc(CO)cc2)O[C@@H](c2ccc(-c3ccccc3CNC(=O)CCCCCC(=O)Nc3ccccc3N)cc2)O1. The van der Waals surface area contributed by atoms with Crippen molar-refractivity contribution in [3.05, 3.63) is 119 Å². The molecule has 0 radical (unpaired) electrons. The minimum atomic E-state index is -0.532. The van der Waals surface area contributed by atoms with Crippen molar-refractivity contribution in [3.8, 4) is 11.1 Å². The second-order valence-electron chi connectivity index (χ2n) is 14.3. The van der Waals surface area contributed by atoms with Gasteiger partial charge in [0.25, 0.3) is 0 Å². The van der Waals surface area contributed by atoms with Crippen molar-refractivity contribution in [2.75, 3.05) is 37.9 Å². The van der Waals surface area contributed by atoms with E-state index in [9.17, 15) is 14.7 Å². The summed E-state index contributed by atoms with van der Waals surface area (Å²) in [7, 11) is 1.77. The lowest BCUT2D eigenvalue weighted by Crippen LogP contribution is -2.42. The van der Waals surface area contributed by atoms with E-state index in [4.69, 9.17) is 19.9 Å². The quantitative estimate of drug-likeness (QED) is 0.0657. The summed E-state index contributed by atoms with van der Waals surface area (Å²) in [5, 5.41) is 15.5. The first kappa shape index (κ1) is 39.1. The molecule has 2 aliphatic rings. The van der Waals surface area contributed by atoms with Gasteiger partial charge in [0.2, 0.25) is 11.8 Å². The van der Waals surface area contributed by atoms with Crippen LogP contribution in [-0.2, 0) is 37.0 Å². The summed E-state index contributed by atoms with van der Waals surface area (Å²) in [5.41, 5.74) is 13.1. The summed E-state index contributed by atoms with van der Waals surface area (Å²) >= 11 is 0. The lowest BCUT2D eigenvalue weighted by molar-refractivity contribution is -0.253. The maximum absolute atomic E-state index is 12.8. The van der Waals surface area contributed by atoms with E-state index < -0.39 is 6.29 Å². The topological polar surface area (TPSA) is 135 Å². The molecule has 2 heterocycles. The van der Waals surface area contributed by atoms with Gasteiger partial charge in [-0.05, 0) is 72.2 Å². The average molecular weight is 735 g/mol. The van der Waals surface area contributed by atoms with E-state index in [-0.39, 0.29) is 30.6 Å². The van der Waals surface area contributed by atoms with Gasteiger partial charge in [0.05, 0.1) is 36.8 Å². The number of para-hydroxylation sites is 2. The number of nitrogens with two attached hydrogens (primary N) is 1. The summed E-state index contributed by atoms with van der Waals surface area (Å²) in [4.78, 5) is 27.5. The van der Waals surface area contributed by atoms with Crippen LogP contribution < -0.4 is 16.4 Å². The molecule has 286 valence electrons. The molecule has 0 spiro atoms. The monoisotopic (exact) mass is 734 g/mol. The van der Waals surface area contributed by atoms with Gasteiger partial charge < -0.3 is 35.7 Å². The van der Waals surface area contributed by atoms with Crippen LogP contribution in [0.5, 0.6) is 0 Å². The Labute approximate surface area is 319 Å². The molecule has 10 heteroatoms. The molecule has 4 aromatic rings. The number of nitrogens with one attached hydrogen (secondary N) is 2. The number of benzene rings is 4. The van der Waals surface area contributed by atoms with E-state index in [1.165, 1.54) is 0 Å². The van der Waals surface area contributed by atoms with Crippen molar-refractivity contribution >= 4 is 23.2 Å². The Morgan fingerprint density at radius 3 is 2.35 bits per heavy atom. The molecule has 2 saturated heterocycles. The molecule has 4 atom stereocenters. The number of carbonyl (C=O) groups is 2. The first-order chi connectivity index (χ1) is 26.4. The Balaban J connectivity index is 1.03. The van der Waals surface area contributed by atoms with Crippen molar-refractivity contribution < 1.29 is 28.9 Å². The highest BCUT2D eigenvalue weighted by atomic mass is 16.7. The zero-order valence-corrected chi connectivity index (χ0v) is 31.3. The van der Waals surface area contributed by atoms with Gasteiger partial charge >= 0.3 is 0 Å². The normalized spacial score (nSPS) is 20.1. The number of aliphatic hydroxyl groups excluding tert-OH is 1. The third kappa shape index (κ3) is 10.8. The molecule has 4 aromatic carbocycles. The Morgan fingerprint density at radius 1 is 0.870 bits per heavy atom. The fraction of sp³-hybridized carbons (Fsp3) is 0.409. The third-order valence-electron chi connectivity index (χ3n) is 10.4. The van der Waals surface area contributed by atoms with E-state index in [1.807, 2.05) is 54.6 Å². The Kier molecular flexibility index (Phi) is 14.2. The molecule has 2 aliphatic heterocycles. The molecule has 0 unspecified atom stereocenters. The van der Waals surface area contributed by atoms with Crippen LogP contribution in [0.15, 0.2) is 97.1 Å². The highest BCUT2D eigenvalue weighted by molar-refractivity contribution is 5.93. The molecule has 0 saturated carbocycles. The standard InChI is InChI=1S/C44H54N4O6/c1-52-30-36-11-9-25-48(36)28-37-26-41(33-19-17-31(29-49)18-20-33)54-44(53-37)34-23-21-32(22-24-34)38-12-6-5-10-35(38)27-46-42(50)15-3-2-4-16-43(51)47-40-14-8-7-13-39(40)45/h5-8,10,12-14,17-24,36-37,41,44,49H,2-4,9,11,15-16,25-30,45H2,1H3,(H,46,50)(H,47,51)/t36-,37+,41-,44-/m0/s1. The van der Waals surface area contributed by atoms with Gasteiger partial charge in [-0.1, -0.05) is 91.3 Å². The second kappa shape index (κ2) is 19.7. The van der Waals surface area contributed by atoms with Crippen LogP contribution in [0.3, 0.4) is 0 Å². The maximum Gasteiger partial charge on any atom is 0.224 e. The van der Waals surface area contributed by atoms with E-state index in [1.54, 1.807) is 19.2 Å². The molecule has 10 nitrogen and oxygen atoms in total. The van der Waals surface area contributed by atoms with Crippen molar-refractivity contribution in [1.82, 2.24) is 10.2 Å². The predicted molar refractivity (Wildman–Crippen MR) is 211 cm³/mol. The molecule has 2 amide bonds. The van der Waals surface area contributed by atoms with E-state index in [0.717, 1.165) is 78.8 Å². The average Bonchev–Trinajstić information content (AvgIpc) is 3.64. The highest BCUT2D eigenvalue weighted by Gasteiger charge is 2.35. The third-order valence-corrected chi connectivity index (χ3v) is 10.4. The predicted octanol–water partition coefficient (Wildman–Crippen LogP) is 7.29. The number of ether oxygens (including phenoxy) is 3. The second-order valence-corrected chi connectivity index (χ2v) is 14.3. The first-order valence-corrected chi connectivity index (χ1v) is 19.2. The molecule has 54 heavy (non-hydrogen) atoms. The minimum absolute atomic E-state index is 0.00736. The highest BCUT2D eigenvalue weighted by Crippen LogP contribution is 2.39. The largest absolute Gasteiger partial charge is 0.397 e. The van der Waals surface area contributed by atoms with Crippen molar-refractivity contribution in [3.63, 3.8) is 0 Å². The number of rotatable bonds is 17. The van der Waals surface area contributed by atoms with Gasteiger partial charge in [0.1, 0.15) is 0 Å². The van der Waals surface area contributed by atoms with Gasteiger partial charge in [0, 0.05) is 51.1 Å². The Morgan fingerprint density at radius 2 is 1.59 bits per heavy atom. The number of hydrogen-bond donors (Lipinski definition) is 4. The number of carbonyl (C=O) groups excluding carboxylic acids is 2. The molecule has 0 bridgehead atoms. The van der Waals surface area contributed by atoms with E-state index in [0.29, 0.717) is 49.6 Å². The van der Waals surface area contributed by atoms with Crippen LogP contribution in [0.4, 0.5) is 11.4 Å². The Hall–Kier alpha value is -4.58. The molecular weight excluding hydrogens is 681 g/mol. The zero-order valence-electron chi connectivity index (χ0n) is 31.3. The van der Waals surface area contributed by atoms with Gasteiger partial charge in [-0.3, -0.25) is 14.5 Å². The van der Waals surface area contributed by atoms with E-state index >= 15 is 0 Å². The van der Waals surface area contributed by atoms with Gasteiger partial charge in [0.15, 0.2) is 6.29 Å². The lowest BCUT2D eigenvalue weighted by atomic mass is 9.97. The fourth-order valence-electron chi connectivity index (χ4n) is 7.44.